The van der Waals surface area contributed by atoms with Crippen LogP contribution >= 0.6 is 46.4 Å². The first kappa shape index (κ1) is 14.5. The highest BCUT2D eigenvalue weighted by Gasteiger charge is 2.02. The second-order valence-corrected chi connectivity index (χ2v) is 5.35. The minimum atomic E-state index is 0.529. The average molecular weight is 334 g/mol. The van der Waals surface area contributed by atoms with E-state index in [-0.39, 0.29) is 0 Å². The number of hydrogen-bond donors (Lipinski definition) is 1. The van der Waals surface area contributed by atoms with E-state index >= 15 is 0 Å². The molecule has 0 aliphatic carbocycles. The number of anilines is 1. The zero-order valence-corrected chi connectivity index (χ0v) is 12.5. The molecule has 0 bridgehead atoms. The highest BCUT2D eigenvalue weighted by Crippen LogP contribution is 2.24. The van der Waals surface area contributed by atoms with Crippen molar-refractivity contribution in [3.05, 3.63) is 62.1 Å². The van der Waals surface area contributed by atoms with Crippen LogP contribution in [-0.2, 0) is 0 Å². The minimum absolute atomic E-state index is 0.529. The van der Waals surface area contributed by atoms with Gasteiger partial charge in [0, 0.05) is 15.6 Å². The summed E-state index contributed by atoms with van der Waals surface area (Å²) in [7, 11) is 0. The van der Waals surface area contributed by atoms with Gasteiger partial charge in [0.2, 0.25) is 0 Å². The van der Waals surface area contributed by atoms with Crippen LogP contribution in [0.1, 0.15) is 5.56 Å². The largest absolute Gasteiger partial charge is 0.278 e. The maximum Gasteiger partial charge on any atom is 0.0591 e. The second kappa shape index (κ2) is 6.49. The Balaban J connectivity index is 2.16. The van der Waals surface area contributed by atoms with Crippen molar-refractivity contribution in [3.63, 3.8) is 0 Å². The lowest BCUT2D eigenvalue weighted by atomic mass is 10.2. The molecule has 19 heavy (non-hydrogen) atoms. The molecular weight excluding hydrogens is 326 g/mol. The van der Waals surface area contributed by atoms with Gasteiger partial charge in [-0.3, -0.25) is 5.43 Å². The molecule has 0 saturated heterocycles. The third-order valence-electron chi connectivity index (χ3n) is 2.25. The Labute approximate surface area is 130 Å². The van der Waals surface area contributed by atoms with Gasteiger partial charge in [-0.25, -0.2) is 0 Å². The van der Waals surface area contributed by atoms with Gasteiger partial charge in [0.25, 0.3) is 0 Å². The molecule has 0 spiro atoms. The molecule has 0 aliphatic rings. The Bertz CT molecular complexity index is 586. The number of hydrogen-bond acceptors (Lipinski definition) is 2. The highest BCUT2D eigenvalue weighted by atomic mass is 35.5. The van der Waals surface area contributed by atoms with E-state index in [2.05, 4.69) is 10.5 Å². The van der Waals surface area contributed by atoms with Crippen molar-refractivity contribution in [2.24, 2.45) is 5.10 Å². The summed E-state index contributed by atoms with van der Waals surface area (Å²) in [6, 6.07) is 10.3. The molecule has 2 rings (SSSR count). The molecule has 0 radical (unpaired) electrons. The summed E-state index contributed by atoms with van der Waals surface area (Å²) in [4.78, 5) is 0. The fourth-order valence-corrected chi connectivity index (χ4v) is 2.44. The molecule has 0 amide bonds. The molecule has 0 heterocycles. The van der Waals surface area contributed by atoms with Crippen molar-refractivity contribution in [3.8, 4) is 0 Å². The van der Waals surface area contributed by atoms with Crippen molar-refractivity contribution in [1.82, 2.24) is 0 Å². The van der Waals surface area contributed by atoms with Crippen LogP contribution in [0.15, 0.2) is 41.5 Å². The van der Waals surface area contributed by atoms with Gasteiger partial charge in [0.15, 0.2) is 0 Å². The predicted molar refractivity (Wildman–Crippen MR) is 84.1 cm³/mol. The fourth-order valence-electron chi connectivity index (χ4n) is 1.42. The van der Waals surface area contributed by atoms with Crippen LogP contribution in [0.5, 0.6) is 0 Å². The standard InChI is InChI=1S/C13H8Cl4N2/c14-8-4-9(15)6-10(5-8)19-18-7-11-12(16)2-1-3-13(11)17/h1-7,19H/b18-7+. The fraction of sp³-hybridized carbons (Fsp3) is 0. The minimum Gasteiger partial charge on any atom is -0.278 e. The quantitative estimate of drug-likeness (QED) is 0.561. The van der Waals surface area contributed by atoms with Crippen molar-refractivity contribution >= 4 is 58.3 Å². The Morgan fingerprint density at radius 2 is 1.47 bits per heavy atom. The van der Waals surface area contributed by atoms with Gasteiger partial charge < -0.3 is 0 Å². The van der Waals surface area contributed by atoms with Crippen molar-refractivity contribution in [2.45, 2.75) is 0 Å². The van der Waals surface area contributed by atoms with Crippen LogP contribution in [-0.4, -0.2) is 6.21 Å². The van der Waals surface area contributed by atoms with Gasteiger partial charge in [0.05, 0.1) is 21.9 Å². The van der Waals surface area contributed by atoms with Crippen molar-refractivity contribution < 1.29 is 0 Å². The maximum absolute atomic E-state index is 6.02. The zero-order chi connectivity index (χ0) is 13.8. The number of rotatable bonds is 3. The third-order valence-corrected chi connectivity index (χ3v) is 3.35. The highest BCUT2D eigenvalue weighted by molar-refractivity contribution is 6.38. The molecule has 0 fully saturated rings. The van der Waals surface area contributed by atoms with E-state index in [1.807, 2.05) is 0 Å². The van der Waals surface area contributed by atoms with E-state index in [1.165, 1.54) is 0 Å². The summed E-state index contributed by atoms with van der Waals surface area (Å²) in [6.07, 6.45) is 1.54. The molecule has 2 nitrogen and oxygen atoms in total. The second-order valence-electron chi connectivity index (χ2n) is 3.66. The lowest BCUT2D eigenvalue weighted by molar-refractivity contribution is 1.35. The molecule has 2 aromatic rings. The smallest absolute Gasteiger partial charge is 0.0591 e. The number of halogens is 4. The number of hydrazone groups is 1. The van der Waals surface area contributed by atoms with E-state index in [0.717, 1.165) is 0 Å². The van der Waals surface area contributed by atoms with Gasteiger partial charge in [0.1, 0.15) is 0 Å². The van der Waals surface area contributed by atoms with E-state index in [4.69, 9.17) is 46.4 Å². The lowest BCUT2D eigenvalue weighted by Crippen LogP contribution is -1.92. The van der Waals surface area contributed by atoms with Crippen molar-refractivity contribution in [1.29, 1.82) is 0 Å². The maximum atomic E-state index is 6.02. The first-order chi connectivity index (χ1) is 9.06. The Hall–Kier alpha value is -0.930. The first-order valence-corrected chi connectivity index (χ1v) is 6.76. The van der Waals surface area contributed by atoms with Crippen LogP contribution in [0.2, 0.25) is 20.1 Å². The molecule has 0 atom stereocenters. The molecule has 2 aromatic carbocycles. The van der Waals surface area contributed by atoms with Crippen LogP contribution < -0.4 is 5.43 Å². The van der Waals surface area contributed by atoms with Crippen LogP contribution in [0.4, 0.5) is 5.69 Å². The summed E-state index contributed by atoms with van der Waals surface area (Å²) in [5, 5.41) is 6.17. The Kier molecular flexibility index (Phi) is 4.94. The molecule has 0 saturated carbocycles. The zero-order valence-electron chi connectivity index (χ0n) is 9.50. The molecule has 0 unspecified atom stereocenters. The summed E-state index contributed by atoms with van der Waals surface area (Å²) >= 11 is 23.8. The van der Waals surface area contributed by atoms with E-state index in [0.29, 0.717) is 31.3 Å². The molecule has 6 heteroatoms. The van der Waals surface area contributed by atoms with Gasteiger partial charge in [-0.1, -0.05) is 52.5 Å². The molecule has 0 aliphatic heterocycles. The SMILES string of the molecule is Clc1cc(Cl)cc(N/N=C/c2c(Cl)cccc2Cl)c1. The van der Waals surface area contributed by atoms with Crippen LogP contribution in [0.3, 0.4) is 0 Å². The number of benzene rings is 2. The summed E-state index contributed by atoms with van der Waals surface area (Å²) in [5.41, 5.74) is 4.14. The van der Waals surface area contributed by atoms with Gasteiger partial charge in [-0.15, -0.1) is 0 Å². The van der Waals surface area contributed by atoms with Crippen LogP contribution in [0.25, 0.3) is 0 Å². The summed E-state index contributed by atoms with van der Waals surface area (Å²) in [6.45, 7) is 0. The molecular formula is C13H8Cl4N2. The van der Waals surface area contributed by atoms with E-state index in [1.54, 1.807) is 42.6 Å². The monoisotopic (exact) mass is 332 g/mol. The normalized spacial score (nSPS) is 10.9. The van der Waals surface area contributed by atoms with Crippen molar-refractivity contribution in [2.75, 3.05) is 5.43 Å². The van der Waals surface area contributed by atoms with E-state index in [9.17, 15) is 0 Å². The van der Waals surface area contributed by atoms with Gasteiger partial charge in [-0.2, -0.15) is 5.10 Å². The summed E-state index contributed by atoms with van der Waals surface area (Å²) in [5.74, 6) is 0. The van der Waals surface area contributed by atoms with Gasteiger partial charge >= 0.3 is 0 Å². The Morgan fingerprint density at radius 1 is 0.895 bits per heavy atom. The number of nitrogens with zero attached hydrogens (tertiary/aromatic N) is 1. The van der Waals surface area contributed by atoms with E-state index < -0.39 is 0 Å². The average Bonchev–Trinajstić information content (AvgIpc) is 2.32. The molecule has 98 valence electrons. The summed E-state index contributed by atoms with van der Waals surface area (Å²) < 4.78 is 0. The predicted octanol–water partition coefficient (Wildman–Crippen LogP) is 5.75. The van der Waals surface area contributed by atoms with Crippen LogP contribution in [0, 0.1) is 0 Å². The third kappa shape index (κ3) is 4.02. The topological polar surface area (TPSA) is 24.4 Å². The first-order valence-electron chi connectivity index (χ1n) is 5.25. The molecule has 1 N–H and O–H groups in total. The van der Waals surface area contributed by atoms with Gasteiger partial charge in [-0.05, 0) is 30.3 Å². The Morgan fingerprint density at radius 3 is 2.05 bits per heavy atom. The molecule has 0 aromatic heterocycles. The lowest BCUT2D eigenvalue weighted by Gasteiger charge is -2.03. The number of nitrogens with one attached hydrogen (secondary N) is 1.